The van der Waals surface area contributed by atoms with Crippen molar-refractivity contribution < 1.29 is 44.0 Å². The highest BCUT2D eigenvalue weighted by molar-refractivity contribution is 7.92. The van der Waals surface area contributed by atoms with Crippen LogP contribution in [0.25, 0.3) is 32.8 Å². The number of carbonyl (C=O) groups excluding carboxylic acids is 3. The fourth-order valence-corrected chi connectivity index (χ4v) is 14.5. The Balaban J connectivity index is 0.000000145. The highest BCUT2D eigenvalue weighted by atomic mass is 35.5. The number of hydrogen-bond acceptors (Lipinski definition) is 17. The van der Waals surface area contributed by atoms with E-state index in [1.54, 1.807) is 84.9 Å². The van der Waals surface area contributed by atoms with E-state index in [0.717, 1.165) is 51.7 Å². The van der Waals surface area contributed by atoms with Gasteiger partial charge >= 0.3 is 6.03 Å². The predicted octanol–water partition coefficient (Wildman–Crippen LogP) is 11.3. The van der Waals surface area contributed by atoms with Crippen molar-refractivity contribution in [1.29, 1.82) is 0 Å². The van der Waals surface area contributed by atoms with Gasteiger partial charge in [-0.15, -0.1) is 11.3 Å². The van der Waals surface area contributed by atoms with Gasteiger partial charge in [-0.2, -0.15) is 9.52 Å². The fraction of sp³-hybridized carbons (Fsp3) is 0.189. The maximum atomic E-state index is 13.6. The highest BCUT2D eigenvalue weighted by Gasteiger charge is 2.35. The van der Waals surface area contributed by atoms with Crippen LogP contribution < -0.4 is 42.2 Å². The number of thiophene rings is 1. The fourth-order valence-electron chi connectivity index (χ4n) is 11.0. The van der Waals surface area contributed by atoms with Crippen molar-refractivity contribution in [3.8, 4) is 0 Å². The molecule has 4 aromatic heterocycles. The molecule has 2 aliphatic rings. The van der Waals surface area contributed by atoms with Crippen molar-refractivity contribution in [2.75, 3.05) is 48.2 Å². The number of aromatic amines is 3. The Morgan fingerprint density at radius 2 is 1.36 bits per heavy atom. The number of halogens is 3. The van der Waals surface area contributed by atoms with Crippen LogP contribution in [0.2, 0.25) is 10.0 Å². The van der Waals surface area contributed by atoms with Crippen LogP contribution in [0, 0.1) is 5.82 Å². The first-order chi connectivity index (χ1) is 51.3. The van der Waals surface area contributed by atoms with E-state index < -0.39 is 41.9 Å². The summed E-state index contributed by atoms with van der Waals surface area (Å²) in [6.07, 6.45) is 1.28. The SMILES string of the molecule is CC(CNCc1nc2ccccc2[nH]1)c1ccccc1.CCS(=O)(=O)Nc1cccc(C2=NN(S(C)(=O)=O)C(c3cccc(F)c3)C2)c1.NCCn1[nH]c(=O)c2ccccc2c1=O.O=C(Nc1ccc(C(=O)N2CCNC2=O)cc1)c1cccs1.O=S(=O)(NCc1nc2ccccc2[nH]1)c1ccc(Cl)c(Cl)c1. The summed E-state index contributed by atoms with van der Waals surface area (Å²) >= 11 is 13.0. The molecule has 6 heterocycles. The molecular formula is C74H74Cl2FN15O11S4. The van der Waals surface area contributed by atoms with E-state index in [1.807, 2.05) is 53.9 Å². The summed E-state index contributed by atoms with van der Waals surface area (Å²) in [6, 6.07) is 58.3. The van der Waals surface area contributed by atoms with Gasteiger partial charge in [-0.25, -0.2) is 53.8 Å². The second kappa shape index (κ2) is 36.0. The number of fused-ring (bicyclic) bond motifs is 3. The number of amides is 4. The van der Waals surface area contributed by atoms with Gasteiger partial charge in [-0.3, -0.25) is 33.9 Å². The lowest BCUT2D eigenvalue weighted by atomic mass is 9.99. The van der Waals surface area contributed by atoms with E-state index >= 15 is 0 Å². The van der Waals surface area contributed by atoms with E-state index in [9.17, 15) is 53.6 Å². The lowest BCUT2D eigenvalue weighted by Gasteiger charge is -2.21. The minimum atomic E-state index is -3.69. The second-order valence-electron chi connectivity index (χ2n) is 24.1. The third-order valence-electron chi connectivity index (χ3n) is 16.4. The second-order valence-corrected chi connectivity index (χ2v) is 31.5. The number of nitrogens with two attached hydrogens (primary N) is 1. The van der Waals surface area contributed by atoms with Crippen molar-refractivity contribution in [3.05, 3.63) is 287 Å². The van der Waals surface area contributed by atoms with Gasteiger partial charge in [-0.1, -0.05) is 127 Å². The van der Waals surface area contributed by atoms with Crippen LogP contribution in [0.5, 0.6) is 0 Å². The van der Waals surface area contributed by atoms with Crippen LogP contribution in [-0.4, -0.2) is 126 Å². The van der Waals surface area contributed by atoms with Crippen molar-refractivity contribution >= 4 is 132 Å². The number of imide groups is 1. The van der Waals surface area contributed by atoms with Gasteiger partial charge in [-0.05, 0) is 144 Å². The maximum absolute atomic E-state index is 13.6. The number of nitrogens with one attached hydrogen (secondary N) is 8. The first-order valence-electron chi connectivity index (χ1n) is 33.2. The smallest absolute Gasteiger partial charge is 0.324 e. The summed E-state index contributed by atoms with van der Waals surface area (Å²) in [4.78, 5) is 76.0. The quantitative estimate of drug-likeness (QED) is 0.0342. The van der Waals surface area contributed by atoms with E-state index in [1.165, 1.54) is 69.8 Å². The van der Waals surface area contributed by atoms with Crippen LogP contribution in [-0.2, 0) is 49.7 Å². The highest BCUT2D eigenvalue weighted by Crippen LogP contribution is 2.35. The number of nitrogens with zero attached hydrogens (tertiary/aromatic N) is 6. The molecule has 2 aliphatic heterocycles. The minimum absolute atomic E-state index is 0.0528. The molecule has 556 valence electrons. The Morgan fingerprint density at radius 1 is 0.710 bits per heavy atom. The molecule has 1 fully saturated rings. The zero-order chi connectivity index (χ0) is 76.4. The predicted molar refractivity (Wildman–Crippen MR) is 417 cm³/mol. The van der Waals surface area contributed by atoms with Gasteiger partial charge in [0.1, 0.15) is 17.5 Å². The molecule has 0 saturated carbocycles. The Hall–Kier alpha value is -10.7. The first-order valence-corrected chi connectivity index (χ1v) is 39.9. The molecule has 8 aromatic carbocycles. The number of sulfonamides is 3. The van der Waals surface area contributed by atoms with Crippen LogP contribution in [0.3, 0.4) is 0 Å². The van der Waals surface area contributed by atoms with Gasteiger partial charge in [0.15, 0.2) is 0 Å². The average molecular weight is 1570 g/mol. The summed E-state index contributed by atoms with van der Waals surface area (Å²) in [5, 5.41) is 18.7. The van der Waals surface area contributed by atoms with Crippen molar-refractivity contribution in [2.24, 2.45) is 10.8 Å². The molecule has 2 unspecified atom stereocenters. The number of hydrogen-bond donors (Lipinski definition) is 9. The van der Waals surface area contributed by atoms with Crippen LogP contribution in [0.1, 0.15) is 80.6 Å². The van der Waals surface area contributed by atoms with Gasteiger partial charge in [0.05, 0.1) is 96.1 Å². The zero-order valence-electron chi connectivity index (χ0n) is 57.7. The lowest BCUT2D eigenvalue weighted by molar-refractivity contribution is 0.0828. The van der Waals surface area contributed by atoms with Gasteiger partial charge in [0.2, 0.25) is 30.1 Å². The molecule has 33 heteroatoms. The number of hydrazone groups is 1. The number of anilines is 2. The Labute approximate surface area is 629 Å². The van der Waals surface area contributed by atoms with E-state index in [-0.39, 0.29) is 57.6 Å². The van der Waals surface area contributed by atoms with E-state index in [2.05, 4.69) is 98.9 Å². The molecule has 10 N–H and O–H groups in total. The van der Waals surface area contributed by atoms with Crippen molar-refractivity contribution in [2.45, 2.75) is 56.8 Å². The third-order valence-corrected chi connectivity index (χ3v) is 21.7. The summed E-state index contributed by atoms with van der Waals surface area (Å²) in [5.41, 5.74) is 12.9. The molecule has 14 rings (SSSR count). The number of carbonyl (C=O) groups is 3. The largest absolute Gasteiger partial charge is 0.341 e. The monoisotopic (exact) mass is 1570 g/mol. The van der Waals surface area contributed by atoms with E-state index in [0.29, 0.717) is 92.4 Å². The standard InChI is InChI=1S/C18H20FN3O4S2.C17H19N3.C15H13N3O3S.C14H11Cl2N3O2S.C10H11N3O2/c1-3-28(25,26)21-16-9-5-6-13(11-16)17-12-18(22(20-17)27(2,23)24)14-7-4-8-15(19)10-14;1-13(14-7-3-2-4-8-14)11-18-12-17-19-15-9-5-6-10-16(15)20-17;19-13(12-2-1-9-22-12)17-11-5-3-10(4-6-11)14(20)18-8-7-16-15(18)21;15-10-6-5-9(7-11(10)16)22(20,21)17-8-14-18-12-3-1-2-4-13(12)19-14;11-5-6-13-10(15)8-4-2-1-3-7(8)9(14)12-13/h4-11,18,21H,3,12H2,1-2H3;2-10,13,18H,11-12H2,1H3,(H,19,20);1-6,9H,7-8H2,(H,16,21)(H,17,19);1-7,17H,8H2,(H,18,19);1-4H,5-6,11H2,(H,12,14). The topological polar surface area (TPSA) is 371 Å². The third kappa shape index (κ3) is 21.3. The summed E-state index contributed by atoms with van der Waals surface area (Å²) in [7, 11) is -10.8. The molecule has 2 atom stereocenters. The van der Waals surface area contributed by atoms with Crippen LogP contribution in [0.4, 0.5) is 20.6 Å². The Bertz CT molecular complexity index is 5590. The van der Waals surface area contributed by atoms with Crippen molar-refractivity contribution in [1.82, 2.24) is 54.4 Å². The van der Waals surface area contributed by atoms with Crippen LogP contribution in [0.15, 0.2) is 231 Å². The number of H-pyrrole nitrogens is 3. The van der Waals surface area contributed by atoms with Gasteiger partial charge in [0, 0.05) is 49.5 Å². The molecule has 26 nitrogen and oxygen atoms in total. The Kier molecular flexibility index (Phi) is 26.5. The molecule has 1 saturated heterocycles. The minimum Gasteiger partial charge on any atom is -0.341 e. The number of benzene rings is 8. The first kappa shape index (κ1) is 78.8. The molecule has 4 amide bonds. The number of para-hydroxylation sites is 4. The normalized spacial score (nSPS) is 13.7. The summed E-state index contributed by atoms with van der Waals surface area (Å²) in [6.45, 7) is 7.01. The summed E-state index contributed by atoms with van der Waals surface area (Å²) in [5.74, 6) is 0.966. The Morgan fingerprint density at radius 3 is 1.98 bits per heavy atom. The molecule has 0 bridgehead atoms. The molecule has 0 radical (unpaired) electrons. The van der Waals surface area contributed by atoms with Gasteiger partial charge in [0.25, 0.3) is 22.9 Å². The zero-order valence-corrected chi connectivity index (χ0v) is 62.5. The maximum Gasteiger partial charge on any atom is 0.324 e. The average Bonchev–Trinajstić information content (AvgIpc) is 1.71. The number of urea groups is 1. The molecular weight excluding hydrogens is 1490 g/mol. The number of rotatable bonds is 20. The number of imidazole rings is 2. The van der Waals surface area contributed by atoms with E-state index in [4.69, 9.17) is 28.9 Å². The molecule has 107 heavy (non-hydrogen) atoms. The molecule has 0 spiro atoms. The molecule has 0 aliphatic carbocycles. The van der Waals surface area contributed by atoms with Crippen molar-refractivity contribution in [3.63, 3.8) is 0 Å². The number of aromatic nitrogens is 6. The lowest BCUT2D eigenvalue weighted by Crippen LogP contribution is -2.34. The molecule has 12 aromatic rings. The van der Waals surface area contributed by atoms with Gasteiger partial charge < -0.3 is 31.7 Å². The van der Waals surface area contributed by atoms with Crippen LogP contribution >= 0.6 is 34.5 Å². The summed E-state index contributed by atoms with van der Waals surface area (Å²) < 4.78 is 93.2.